The van der Waals surface area contributed by atoms with Crippen molar-refractivity contribution in [3.63, 3.8) is 0 Å². The van der Waals surface area contributed by atoms with Gasteiger partial charge in [0.15, 0.2) is 0 Å². The van der Waals surface area contributed by atoms with Crippen molar-refractivity contribution < 1.29 is 9.18 Å². The predicted molar refractivity (Wildman–Crippen MR) is 83.9 cm³/mol. The third-order valence-corrected chi connectivity index (χ3v) is 4.15. The second kappa shape index (κ2) is 7.90. The summed E-state index contributed by atoms with van der Waals surface area (Å²) in [6, 6.07) is 10.4. The van der Waals surface area contributed by atoms with E-state index in [-0.39, 0.29) is 24.3 Å². The van der Waals surface area contributed by atoms with Crippen molar-refractivity contribution >= 4 is 17.2 Å². The van der Waals surface area contributed by atoms with E-state index in [1.165, 1.54) is 10.9 Å². The molecule has 0 fully saturated rings. The minimum absolute atomic E-state index is 0.0743. The van der Waals surface area contributed by atoms with Gasteiger partial charge < -0.3 is 10.6 Å². The molecule has 2 aromatic rings. The number of carbonyl (C=O) groups is 1. The Hall–Kier alpha value is -1.72. The standard InChI is InChI=1S/C16H19FN2OS/c1-12(14-6-2-3-7-15(14)17)19-11-16(20)18-9-8-13-5-4-10-21-13/h2-7,10,12,19H,8-9,11H2,1H3,(H,18,20). The van der Waals surface area contributed by atoms with Gasteiger partial charge in [-0.2, -0.15) is 0 Å². The summed E-state index contributed by atoms with van der Waals surface area (Å²) in [5.41, 5.74) is 0.573. The molecule has 1 aromatic carbocycles. The van der Waals surface area contributed by atoms with E-state index in [2.05, 4.69) is 16.7 Å². The molecule has 0 saturated carbocycles. The van der Waals surface area contributed by atoms with Gasteiger partial charge in [0.25, 0.3) is 0 Å². The Kier molecular flexibility index (Phi) is 5.90. The van der Waals surface area contributed by atoms with Crippen LogP contribution in [0.15, 0.2) is 41.8 Å². The van der Waals surface area contributed by atoms with Crippen LogP contribution in [0.4, 0.5) is 4.39 Å². The molecule has 0 radical (unpaired) electrons. The molecule has 0 spiro atoms. The summed E-state index contributed by atoms with van der Waals surface area (Å²) < 4.78 is 13.6. The van der Waals surface area contributed by atoms with Crippen LogP contribution < -0.4 is 10.6 Å². The van der Waals surface area contributed by atoms with Gasteiger partial charge in [-0.3, -0.25) is 4.79 Å². The number of thiophene rings is 1. The zero-order chi connectivity index (χ0) is 15.1. The molecule has 0 aliphatic heterocycles. The molecule has 0 saturated heterocycles. The Balaban J connectivity index is 1.70. The quantitative estimate of drug-likeness (QED) is 0.826. The molecule has 1 unspecified atom stereocenters. The van der Waals surface area contributed by atoms with E-state index in [4.69, 9.17) is 0 Å². The van der Waals surface area contributed by atoms with E-state index in [1.54, 1.807) is 29.5 Å². The third-order valence-electron chi connectivity index (χ3n) is 3.21. The SMILES string of the molecule is CC(NCC(=O)NCCc1cccs1)c1ccccc1F. The van der Waals surface area contributed by atoms with Gasteiger partial charge in [-0.05, 0) is 30.9 Å². The first kappa shape index (κ1) is 15.7. The zero-order valence-corrected chi connectivity index (χ0v) is 12.8. The largest absolute Gasteiger partial charge is 0.355 e. The summed E-state index contributed by atoms with van der Waals surface area (Å²) in [4.78, 5) is 13.0. The summed E-state index contributed by atoms with van der Waals surface area (Å²) in [7, 11) is 0. The fourth-order valence-electron chi connectivity index (χ4n) is 2.02. The lowest BCUT2D eigenvalue weighted by Gasteiger charge is -2.14. The maximum atomic E-state index is 13.6. The highest BCUT2D eigenvalue weighted by atomic mass is 32.1. The first-order chi connectivity index (χ1) is 10.2. The van der Waals surface area contributed by atoms with Crippen molar-refractivity contribution in [2.45, 2.75) is 19.4 Å². The Morgan fingerprint density at radius 1 is 1.29 bits per heavy atom. The normalized spacial score (nSPS) is 12.1. The Bertz CT molecular complexity index is 571. The van der Waals surface area contributed by atoms with E-state index in [0.717, 1.165) is 6.42 Å². The summed E-state index contributed by atoms with van der Waals surface area (Å²) in [5.74, 6) is -0.328. The maximum Gasteiger partial charge on any atom is 0.233 e. The fourth-order valence-corrected chi connectivity index (χ4v) is 2.73. The van der Waals surface area contributed by atoms with Gasteiger partial charge >= 0.3 is 0 Å². The second-order valence-corrected chi connectivity index (χ2v) is 5.84. The lowest BCUT2D eigenvalue weighted by molar-refractivity contribution is -0.120. The Morgan fingerprint density at radius 3 is 2.81 bits per heavy atom. The highest BCUT2D eigenvalue weighted by Gasteiger charge is 2.11. The minimum Gasteiger partial charge on any atom is -0.355 e. The highest BCUT2D eigenvalue weighted by molar-refractivity contribution is 7.09. The van der Waals surface area contributed by atoms with Gasteiger partial charge in [-0.15, -0.1) is 11.3 Å². The van der Waals surface area contributed by atoms with Crippen LogP contribution in [0.25, 0.3) is 0 Å². The molecule has 2 rings (SSSR count). The van der Waals surface area contributed by atoms with Gasteiger partial charge in [0, 0.05) is 23.0 Å². The predicted octanol–water partition coefficient (Wildman–Crippen LogP) is 2.90. The summed E-state index contributed by atoms with van der Waals surface area (Å²) in [5, 5.41) is 7.91. The molecule has 1 atom stereocenters. The third kappa shape index (κ3) is 4.95. The van der Waals surface area contributed by atoms with Crippen LogP contribution in [-0.2, 0) is 11.2 Å². The monoisotopic (exact) mass is 306 g/mol. The van der Waals surface area contributed by atoms with Gasteiger partial charge in [0.05, 0.1) is 6.54 Å². The van der Waals surface area contributed by atoms with E-state index in [9.17, 15) is 9.18 Å². The molecular formula is C16H19FN2OS. The van der Waals surface area contributed by atoms with E-state index in [1.807, 2.05) is 18.4 Å². The summed E-state index contributed by atoms with van der Waals surface area (Å²) >= 11 is 1.68. The van der Waals surface area contributed by atoms with Crippen molar-refractivity contribution in [2.24, 2.45) is 0 Å². The molecule has 0 aliphatic carbocycles. The van der Waals surface area contributed by atoms with Crippen LogP contribution in [0, 0.1) is 5.82 Å². The number of benzene rings is 1. The number of amides is 1. The number of hydrogen-bond acceptors (Lipinski definition) is 3. The van der Waals surface area contributed by atoms with Crippen molar-refractivity contribution in [3.8, 4) is 0 Å². The highest BCUT2D eigenvalue weighted by Crippen LogP contribution is 2.15. The van der Waals surface area contributed by atoms with Crippen molar-refractivity contribution in [2.75, 3.05) is 13.1 Å². The average Bonchev–Trinajstić information content (AvgIpc) is 2.98. The van der Waals surface area contributed by atoms with Crippen LogP contribution >= 0.6 is 11.3 Å². The molecule has 0 aliphatic rings. The molecule has 1 amide bonds. The van der Waals surface area contributed by atoms with Crippen molar-refractivity contribution in [1.82, 2.24) is 10.6 Å². The first-order valence-electron chi connectivity index (χ1n) is 6.93. The molecule has 5 heteroatoms. The minimum atomic E-state index is -0.254. The molecule has 2 N–H and O–H groups in total. The lowest BCUT2D eigenvalue weighted by Crippen LogP contribution is -2.36. The number of nitrogens with one attached hydrogen (secondary N) is 2. The van der Waals surface area contributed by atoms with Gasteiger partial charge in [0.2, 0.25) is 5.91 Å². The van der Waals surface area contributed by atoms with E-state index in [0.29, 0.717) is 12.1 Å². The van der Waals surface area contributed by atoms with Gasteiger partial charge in [-0.25, -0.2) is 4.39 Å². The first-order valence-corrected chi connectivity index (χ1v) is 7.81. The fraction of sp³-hybridized carbons (Fsp3) is 0.312. The average molecular weight is 306 g/mol. The molecule has 3 nitrogen and oxygen atoms in total. The van der Waals surface area contributed by atoms with Crippen LogP contribution in [0.1, 0.15) is 23.4 Å². The molecule has 1 heterocycles. The van der Waals surface area contributed by atoms with Gasteiger partial charge in [-0.1, -0.05) is 24.3 Å². The maximum absolute atomic E-state index is 13.6. The number of rotatable bonds is 7. The van der Waals surface area contributed by atoms with Crippen LogP contribution in [0.5, 0.6) is 0 Å². The smallest absolute Gasteiger partial charge is 0.233 e. The molecule has 21 heavy (non-hydrogen) atoms. The second-order valence-electron chi connectivity index (χ2n) is 4.80. The Labute approximate surface area is 128 Å². The van der Waals surface area contributed by atoms with Crippen molar-refractivity contribution in [1.29, 1.82) is 0 Å². The van der Waals surface area contributed by atoms with Crippen molar-refractivity contribution in [3.05, 3.63) is 58.0 Å². The van der Waals surface area contributed by atoms with Crippen LogP contribution in [0.2, 0.25) is 0 Å². The molecular weight excluding hydrogens is 287 g/mol. The zero-order valence-electron chi connectivity index (χ0n) is 11.9. The molecule has 1 aromatic heterocycles. The topological polar surface area (TPSA) is 41.1 Å². The summed E-state index contributed by atoms with van der Waals surface area (Å²) in [6.45, 7) is 2.65. The number of halogens is 1. The van der Waals surface area contributed by atoms with Gasteiger partial charge in [0.1, 0.15) is 5.82 Å². The number of hydrogen-bond donors (Lipinski definition) is 2. The molecule has 0 bridgehead atoms. The Morgan fingerprint density at radius 2 is 2.10 bits per heavy atom. The molecule has 112 valence electrons. The summed E-state index contributed by atoms with van der Waals surface area (Å²) in [6.07, 6.45) is 0.840. The van der Waals surface area contributed by atoms with E-state index >= 15 is 0 Å². The van der Waals surface area contributed by atoms with Crippen LogP contribution in [-0.4, -0.2) is 19.0 Å². The number of carbonyl (C=O) groups excluding carboxylic acids is 1. The van der Waals surface area contributed by atoms with Crippen LogP contribution in [0.3, 0.4) is 0 Å². The lowest BCUT2D eigenvalue weighted by atomic mass is 10.1. The van der Waals surface area contributed by atoms with E-state index < -0.39 is 0 Å².